The fourth-order valence-electron chi connectivity index (χ4n) is 5.66. The molecule has 0 fully saturated rings. The predicted octanol–water partition coefficient (Wildman–Crippen LogP) is 13.1. The van der Waals surface area contributed by atoms with E-state index >= 15 is 0 Å². The van der Waals surface area contributed by atoms with Crippen molar-refractivity contribution in [2.24, 2.45) is 4.99 Å². The SMILES string of the molecule is O=C=NCCCCCCCCCCCCCCCCCCCCCCCCCCCCCCCCC[SiH](Cl)Cl. The summed E-state index contributed by atoms with van der Waals surface area (Å²) in [6.07, 6.45) is 45.2. The summed E-state index contributed by atoms with van der Waals surface area (Å²) in [5.74, 6) is 0. The Labute approximate surface area is 256 Å². The van der Waals surface area contributed by atoms with Gasteiger partial charge in [0.1, 0.15) is 0 Å². The van der Waals surface area contributed by atoms with Crippen LogP contribution in [0.4, 0.5) is 0 Å². The van der Waals surface area contributed by atoms with Crippen molar-refractivity contribution in [3.8, 4) is 0 Å². The minimum absolute atomic E-state index is 0.667. The maximum Gasteiger partial charge on any atom is 0.237 e. The van der Waals surface area contributed by atoms with Gasteiger partial charge in [0.2, 0.25) is 13.5 Å². The number of isocyanates is 1. The van der Waals surface area contributed by atoms with Crippen molar-refractivity contribution in [2.45, 2.75) is 205 Å². The highest BCUT2D eigenvalue weighted by atomic mass is 35.7. The largest absolute Gasteiger partial charge is 0.237 e. The summed E-state index contributed by atoms with van der Waals surface area (Å²) in [5, 5.41) is 0. The second kappa shape index (κ2) is 36.2. The fourth-order valence-corrected chi connectivity index (χ4v) is 7.18. The maximum absolute atomic E-state index is 9.99. The van der Waals surface area contributed by atoms with E-state index in [9.17, 15) is 4.79 Å². The molecule has 0 aliphatic heterocycles. The van der Waals surface area contributed by atoms with Gasteiger partial charge in [-0.25, -0.2) is 9.79 Å². The van der Waals surface area contributed by atoms with E-state index in [1.165, 1.54) is 193 Å². The number of carbonyl (C=O) groups excluding carboxylic acids is 1. The first-order chi connectivity index (χ1) is 19.3. The highest BCUT2D eigenvalue weighted by Crippen LogP contribution is 2.17. The first kappa shape index (κ1) is 39.2. The van der Waals surface area contributed by atoms with Gasteiger partial charge in [-0.3, -0.25) is 0 Å². The van der Waals surface area contributed by atoms with Gasteiger partial charge in [-0.15, -0.1) is 0 Å². The lowest BCUT2D eigenvalue weighted by Crippen LogP contribution is -1.91. The van der Waals surface area contributed by atoms with Crippen LogP contribution < -0.4 is 0 Å². The summed E-state index contributed by atoms with van der Waals surface area (Å²) in [7, 11) is -1.34. The van der Waals surface area contributed by atoms with Crippen molar-refractivity contribution in [1.29, 1.82) is 0 Å². The molecule has 0 radical (unpaired) electrons. The molecule has 0 bridgehead atoms. The van der Waals surface area contributed by atoms with Crippen molar-refractivity contribution < 1.29 is 4.79 Å². The molecular formula is C34H67Cl2NOSi. The zero-order valence-electron chi connectivity index (χ0n) is 26.0. The highest BCUT2D eigenvalue weighted by Gasteiger charge is 2.01. The van der Waals surface area contributed by atoms with Gasteiger partial charge in [-0.05, 0) is 12.5 Å². The van der Waals surface area contributed by atoms with Crippen LogP contribution in [-0.2, 0) is 4.79 Å². The predicted molar refractivity (Wildman–Crippen MR) is 180 cm³/mol. The van der Waals surface area contributed by atoms with Crippen molar-refractivity contribution in [2.75, 3.05) is 6.54 Å². The van der Waals surface area contributed by atoms with Gasteiger partial charge >= 0.3 is 0 Å². The summed E-state index contributed by atoms with van der Waals surface area (Å²) in [4.78, 5) is 13.6. The zero-order valence-corrected chi connectivity index (χ0v) is 28.7. The zero-order chi connectivity index (χ0) is 28.3. The number of aliphatic imine (C=N–C) groups is 1. The number of unbranched alkanes of at least 4 members (excludes halogenated alkanes) is 30. The minimum atomic E-state index is -1.34. The van der Waals surface area contributed by atoms with Gasteiger partial charge in [-0.2, -0.15) is 22.2 Å². The van der Waals surface area contributed by atoms with Crippen LogP contribution in [0.5, 0.6) is 0 Å². The quantitative estimate of drug-likeness (QED) is 0.0236. The van der Waals surface area contributed by atoms with Crippen LogP contribution in [0, 0.1) is 0 Å². The molecule has 0 spiro atoms. The lowest BCUT2D eigenvalue weighted by Gasteiger charge is -2.05. The molecule has 0 aliphatic rings. The smallest absolute Gasteiger partial charge is 0.211 e. The summed E-state index contributed by atoms with van der Waals surface area (Å²) >= 11 is 11.8. The molecule has 0 aliphatic carbocycles. The van der Waals surface area contributed by atoms with E-state index in [1.807, 2.05) is 0 Å². The Morgan fingerprint density at radius 3 is 0.769 bits per heavy atom. The third-order valence-corrected chi connectivity index (χ3v) is 10.4. The summed E-state index contributed by atoms with van der Waals surface area (Å²) < 4.78 is 0. The molecule has 0 saturated carbocycles. The maximum atomic E-state index is 9.99. The van der Waals surface area contributed by atoms with Crippen molar-refractivity contribution in [1.82, 2.24) is 0 Å². The van der Waals surface area contributed by atoms with E-state index in [1.54, 1.807) is 6.08 Å². The number of hydrogen-bond donors (Lipinski definition) is 0. The molecule has 5 heteroatoms. The molecule has 0 unspecified atom stereocenters. The fraction of sp³-hybridized carbons (Fsp3) is 0.971. The Balaban J connectivity index is 3.03. The molecule has 0 aromatic rings. The average Bonchev–Trinajstić information content (AvgIpc) is 2.93. The third-order valence-electron chi connectivity index (χ3n) is 8.26. The van der Waals surface area contributed by atoms with Gasteiger partial charge in [0.05, 0.1) is 6.54 Å². The molecule has 39 heavy (non-hydrogen) atoms. The monoisotopic (exact) mass is 603 g/mol. The van der Waals surface area contributed by atoms with E-state index < -0.39 is 7.42 Å². The molecule has 0 N–H and O–H groups in total. The van der Waals surface area contributed by atoms with E-state index in [4.69, 9.17) is 22.2 Å². The molecule has 0 heterocycles. The molecule has 2 nitrogen and oxygen atoms in total. The molecule has 0 amide bonds. The van der Waals surface area contributed by atoms with Crippen molar-refractivity contribution in [3.05, 3.63) is 0 Å². The van der Waals surface area contributed by atoms with Gasteiger partial charge in [0, 0.05) is 0 Å². The molecule has 0 rings (SSSR count). The van der Waals surface area contributed by atoms with Crippen molar-refractivity contribution >= 4 is 35.7 Å². The van der Waals surface area contributed by atoms with Gasteiger partial charge in [0.25, 0.3) is 0 Å². The standard InChI is InChI=1S/C34H67Cl2NOSi/c35-39(36)33-31-29-27-25-23-21-19-17-15-13-11-9-7-5-3-1-2-4-6-8-10-12-14-16-18-20-22-24-26-28-30-32-37-34-38/h39H,1-33H2. The Morgan fingerprint density at radius 1 is 0.359 bits per heavy atom. The van der Waals surface area contributed by atoms with E-state index in [0.29, 0.717) is 6.54 Å². The molecule has 0 aromatic carbocycles. The van der Waals surface area contributed by atoms with Crippen LogP contribution in [0.15, 0.2) is 4.99 Å². The van der Waals surface area contributed by atoms with Gasteiger partial charge < -0.3 is 0 Å². The highest BCUT2D eigenvalue weighted by molar-refractivity contribution is 7.33. The normalized spacial score (nSPS) is 11.4. The Kier molecular flexibility index (Phi) is 36.4. The molecule has 0 aromatic heterocycles. The molecule has 232 valence electrons. The van der Waals surface area contributed by atoms with E-state index in [2.05, 4.69) is 4.99 Å². The van der Waals surface area contributed by atoms with Crippen LogP contribution in [-0.4, -0.2) is 20.0 Å². The number of hydrogen-bond acceptors (Lipinski definition) is 2. The first-order valence-corrected chi connectivity index (χ1v) is 21.9. The summed E-state index contributed by atoms with van der Waals surface area (Å²) in [5.41, 5.74) is 0. The second-order valence-electron chi connectivity index (χ2n) is 12.1. The van der Waals surface area contributed by atoms with Gasteiger partial charge in [0.15, 0.2) is 0 Å². The molecule has 0 saturated heterocycles. The van der Waals surface area contributed by atoms with E-state index in [-0.39, 0.29) is 0 Å². The number of nitrogens with zero attached hydrogens (tertiary/aromatic N) is 1. The van der Waals surface area contributed by atoms with Crippen LogP contribution in [0.2, 0.25) is 6.04 Å². The lowest BCUT2D eigenvalue weighted by atomic mass is 10.0. The Bertz CT molecular complexity index is 500. The van der Waals surface area contributed by atoms with Gasteiger partial charge in [-0.1, -0.05) is 193 Å². The number of rotatable bonds is 34. The van der Waals surface area contributed by atoms with Crippen LogP contribution in [0.3, 0.4) is 0 Å². The number of halogens is 2. The molecular weight excluding hydrogens is 537 g/mol. The van der Waals surface area contributed by atoms with Crippen LogP contribution >= 0.6 is 22.2 Å². The third kappa shape index (κ3) is 38.2. The first-order valence-electron chi connectivity index (χ1n) is 17.6. The topological polar surface area (TPSA) is 29.4 Å². The van der Waals surface area contributed by atoms with Crippen LogP contribution in [0.1, 0.15) is 199 Å². The average molecular weight is 605 g/mol. The minimum Gasteiger partial charge on any atom is -0.211 e. The Morgan fingerprint density at radius 2 is 0.564 bits per heavy atom. The lowest BCUT2D eigenvalue weighted by molar-refractivity contribution is 0.512. The molecule has 0 atom stereocenters. The van der Waals surface area contributed by atoms with E-state index in [0.717, 1.165) is 12.5 Å². The van der Waals surface area contributed by atoms with Crippen molar-refractivity contribution in [3.63, 3.8) is 0 Å². The summed E-state index contributed by atoms with van der Waals surface area (Å²) in [6, 6.07) is 1.09. The van der Waals surface area contributed by atoms with Crippen LogP contribution in [0.25, 0.3) is 0 Å². The summed E-state index contributed by atoms with van der Waals surface area (Å²) in [6.45, 7) is 0.667. The Hall–Kier alpha value is 0.177. The second-order valence-corrected chi connectivity index (χ2v) is 17.3.